The van der Waals surface area contributed by atoms with Crippen molar-refractivity contribution < 1.29 is 0 Å². The van der Waals surface area contributed by atoms with E-state index in [2.05, 4.69) is 78.9 Å². The molecule has 3 heterocycles. The van der Waals surface area contributed by atoms with Gasteiger partial charge in [-0.15, -0.1) is 22.7 Å². The van der Waals surface area contributed by atoms with Crippen LogP contribution in [-0.2, 0) is 0 Å². The molecule has 5 heteroatoms. The van der Waals surface area contributed by atoms with Crippen LogP contribution in [0.25, 0.3) is 85.6 Å². The first-order chi connectivity index (χ1) is 21.8. The van der Waals surface area contributed by atoms with Crippen molar-refractivity contribution in [2.24, 2.45) is 0 Å². The molecule has 0 bridgehead atoms. The Labute approximate surface area is 261 Å². The van der Waals surface area contributed by atoms with Gasteiger partial charge in [-0.2, -0.15) is 0 Å². The van der Waals surface area contributed by atoms with E-state index in [4.69, 9.17) is 15.0 Å². The molecule has 0 aliphatic rings. The molecule has 0 spiro atoms. The SMILES string of the molecule is c1ccc(-c2nc(-c3ccccc3)nc(-c3ccc4c(c3)sc3cccc(-c5cccc6c5sc5ccccc56)c34)n2)cc1. The summed E-state index contributed by atoms with van der Waals surface area (Å²) in [5.41, 5.74) is 5.48. The van der Waals surface area contributed by atoms with Crippen molar-refractivity contribution >= 4 is 63.0 Å². The average molecular weight is 598 g/mol. The lowest BCUT2D eigenvalue weighted by Crippen LogP contribution is -1.99. The van der Waals surface area contributed by atoms with E-state index in [9.17, 15) is 0 Å². The van der Waals surface area contributed by atoms with Crippen LogP contribution in [0.4, 0.5) is 0 Å². The Morgan fingerprint density at radius 3 is 1.70 bits per heavy atom. The van der Waals surface area contributed by atoms with Crippen LogP contribution in [0.3, 0.4) is 0 Å². The summed E-state index contributed by atoms with van der Waals surface area (Å²) in [6.07, 6.45) is 0. The minimum absolute atomic E-state index is 0.671. The highest BCUT2D eigenvalue weighted by atomic mass is 32.1. The molecule has 0 saturated heterocycles. The second-order valence-corrected chi connectivity index (χ2v) is 12.9. The van der Waals surface area contributed by atoms with Crippen LogP contribution >= 0.6 is 22.7 Å². The van der Waals surface area contributed by atoms with Crippen molar-refractivity contribution in [2.75, 3.05) is 0 Å². The van der Waals surface area contributed by atoms with E-state index in [1.807, 2.05) is 83.3 Å². The fourth-order valence-corrected chi connectivity index (χ4v) is 8.49. The summed E-state index contributed by atoms with van der Waals surface area (Å²) >= 11 is 3.70. The maximum Gasteiger partial charge on any atom is 0.164 e. The molecule has 0 unspecified atom stereocenters. The van der Waals surface area contributed by atoms with Gasteiger partial charge < -0.3 is 0 Å². The van der Waals surface area contributed by atoms with E-state index in [1.165, 1.54) is 51.5 Å². The highest BCUT2D eigenvalue weighted by Crippen LogP contribution is 2.45. The standard InChI is InChI=1S/C39H23N3S2/c1-3-11-24(12-4-1)37-40-38(25-13-5-2-6-14-25)42-39(41-37)26-21-22-31-34(23-26)43-33-20-10-16-28(35(31)33)30-18-9-17-29-27-15-7-8-19-32(27)44-36(29)30/h1-23H. The molecule has 9 aromatic rings. The van der Waals surface area contributed by atoms with E-state index in [0.29, 0.717) is 17.5 Å². The van der Waals surface area contributed by atoms with Crippen molar-refractivity contribution in [2.45, 2.75) is 0 Å². The zero-order valence-corrected chi connectivity index (χ0v) is 25.1. The van der Waals surface area contributed by atoms with Crippen LogP contribution in [0.15, 0.2) is 140 Å². The minimum atomic E-state index is 0.671. The topological polar surface area (TPSA) is 38.7 Å². The van der Waals surface area contributed by atoms with Crippen LogP contribution in [-0.4, -0.2) is 15.0 Å². The normalized spacial score (nSPS) is 11.6. The number of hydrogen-bond acceptors (Lipinski definition) is 5. The van der Waals surface area contributed by atoms with Crippen LogP contribution in [0, 0.1) is 0 Å². The molecule has 0 aliphatic carbocycles. The predicted octanol–water partition coefficient (Wildman–Crippen LogP) is 11.3. The van der Waals surface area contributed by atoms with Gasteiger partial charge >= 0.3 is 0 Å². The summed E-state index contributed by atoms with van der Waals surface area (Å²) in [6, 6.07) is 49.0. The summed E-state index contributed by atoms with van der Waals surface area (Å²) in [7, 11) is 0. The molecule has 0 fully saturated rings. The fourth-order valence-electron chi connectivity index (χ4n) is 6.09. The maximum absolute atomic E-state index is 4.96. The molecule has 6 aromatic carbocycles. The van der Waals surface area contributed by atoms with Gasteiger partial charge in [-0.05, 0) is 23.8 Å². The van der Waals surface area contributed by atoms with Crippen molar-refractivity contribution in [3.8, 4) is 45.3 Å². The molecule has 0 atom stereocenters. The lowest BCUT2D eigenvalue weighted by Gasteiger charge is -2.09. The van der Waals surface area contributed by atoms with E-state index < -0.39 is 0 Å². The van der Waals surface area contributed by atoms with Gasteiger partial charge in [0.05, 0.1) is 0 Å². The Bertz CT molecular complexity index is 2440. The Hall–Kier alpha value is -5.23. The van der Waals surface area contributed by atoms with Gasteiger partial charge in [-0.25, -0.2) is 15.0 Å². The summed E-state index contributed by atoms with van der Waals surface area (Å²) in [6.45, 7) is 0. The molecule has 0 saturated carbocycles. The number of thiophene rings is 2. The quantitative estimate of drug-likeness (QED) is 0.203. The van der Waals surface area contributed by atoms with Crippen molar-refractivity contribution in [3.05, 3.63) is 140 Å². The van der Waals surface area contributed by atoms with E-state index in [0.717, 1.165) is 16.7 Å². The number of benzene rings is 6. The molecule has 0 N–H and O–H groups in total. The number of nitrogens with zero attached hydrogens (tertiary/aromatic N) is 3. The van der Waals surface area contributed by atoms with Crippen LogP contribution in [0.2, 0.25) is 0 Å². The molecule has 0 aliphatic heterocycles. The van der Waals surface area contributed by atoms with Gasteiger partial charge in [0.1, 0.15) is 0 Å². The number of aromatic nitrogens is 3. The largest absolute Gasteiger partial charge is 0.208 e. The smallest absolute Gasteiger partial charge is 0.164 e. The minimum Gasteiger partial charge on any atom is -0.208 e. The molecule has 206 valence electrons. The highest BCUT2D eigenvalue weighted by Gasteiger charge is 2.17. The molecule has 9 rings (SSSR count). The predicted molar refractivity (Wildman–Crippen MR) is 187 cm³/mol. The van der Waals surface area contributed by atoms with Gasteiger partial charge in [0.25, 0.3) is 0 Å². The van der Waals surface area contributed by atoms with Gasteiger partial charge in [-0.3, -0.25) is 0 Å². The van der Waals surface area contributed by atoms with E-state index >= 15 is 0 Å². The Kier molecular flexibility index (Phi) is 5.86. The molecular weight excluding hydrogens is 575 g/mol. The second-order valence-electron chi connectivity index (χ2n) is 10.8. The molecular formula is C39H23N3S2. The van der Waals surface area contributed by atoms with Gasteiger partial charge in [-0.1, -0.05) is 121 Å². The van der Waals surface area contributed by atoms with E-state index in [1.54, 1.807) is 0 Å². The van der Waals surface area contributed by atoms with Crippen LogP contribution < -0.4 is 0 Å². The zero-order valence-electron chi connectivity index (χ0n) is 23.4. The Morgan fingerprint density at radius 2 is 0.955 bits per heavy atom. The maximum atomic E-state index is 4.96. The molecule has 3 nitrogen and oxygen atoms in total. The monoisotopic (exact) mass is 597 g/mol. The highest BCUT2D eigenvalue weighted by molar-refractivity contribution is 7.26. The Balaban J connectivity index is 1.23. The Morgan fingerprint density at radius 1 is 0.364 bits per heavy atom. The number of fused-ring (bicyclic) bond motifs is 6. The van der Waals surface area contributed by atoms with Gasteiger partial charge in [0.2, 0.25) is 0 Å². The zero-order chi connectivity index (χ0) is 29.0. The van der Waals surface area contributed by atoms with Crippen molar-refractivity contribution in [3.63, 3.8) is 0 Å². The third-order valence-corrected chi connectivity index (χ3v) is 10.5. The number of hydrogen-bond donors (Lipinski definition) is 0. The summed E-state index contributed by atoms with van der Waals surface area (Å²) in [4.78, 5) is 14.8. The third-order valence-electron chi connectivity index (χ3n) is 8.15. The first kappa shape index (κ1) is 25.3. The van der Waals surface area contributed by atoms with Crippen LogP contribution in [0.1, 0.15) is 0 Å². The second kappa shape index (κ2) is 10.2. The van der Waals surface area contributed by atoms with Crippen LogP contribution in [0.5, 0.6) is 0 Å². The molecule has 44 heavy (non-hydrogen) atoms. The lowest BCUT2D eigenvalue weighted by atomic mass is 9.97. The lowest BCUT2D eigenvalue weighted by molar-refractivity contribution is 1.07. The molecule has 0 radical (unpaired) electrons. The van der Waals surface area contributed by atoms with E-state index in [-0.39, 0.29) is 0 Å². The number of rotatable bonds is 4. The molecule has 0 amide bonds. The first-order valence-electron chi connectivity index (χ1n) is 14.5. The summed E-state index contributed by atoms with van der Waals surface area (Å²) < 4.78 is 5.16. The first-order valence-corrected chi connectivity index (χ1v) is 16.2. The molecule has 3 aromatic heterocycles. The summed E-state index contributed by atoms with van der Waals surface area (Å²) in [5, 5.41) is 5.20. The fraction of sp³-hybridized carbons (Fsp3) is 0. The van der Waals surface area contributed by atoms with Gasteiger partial charge in [0.15, 0.2) is 17.5 Å². The van der Waals surface area contributed by atoms with Crippen molar-refractivity contribution in [1.29, 1.82) is 0 Å². The third kappa shape index (κ3) is 4.13. The summed E-state index contributed by atoms with van der Waals surface area (Å²) in [5.74, 6) is 2.02. The van der Waals surface area contributed by atoms with Gasteiger partial charge in [0, 0.05) is 62.6 Å². The van der Waals surface area contributed by atoms with Crippen molar-refractivity contribution in [1.82, 2.24) is 15.0 Å². The average Bonchev–Trinajstić information content (AvgIpc) is 3.67.